The van der Waals surface area contributed by atoms with Crippen molar-refractivity contribution in [2.75, 3.05) is 13.1 Å². The van der Waals surface area contributed by atoms with Gasteiger partial charge in [0, 0.05) is 5.69 Å². The summed E-state index contributed by atoms with van der Waals surface area (Å²) in [7, 11) is 0. The summed E-state index contributed by atoms with van der Waals surface area (Å²) in [6.45, 7) is 11.1. The second-order valence-electron chi connectivity index (χ2n) is 6.86. The largest absolute Gasteiger partial charge is 0.317 e. The zero-order chi connectivity index (χ0) is 15.2. The first-order chi connectivity index (χ1) is 10.1. The Morgan fingerprint density at radius 1 is 1.19 bits per heavy atom. The van der Waals surface area contributed by atoms with E-state index in [1.807, 2.05) is 0 Å². The molecule has 0 saturated heterocycles. The number of hydrogen-bond donors (Lipinski definition) is 1. The molecule has 0 amide bonds. The molecule has 21 heavy (non-hydrogen) atoms. The van der Waals surface area contributed by atoms with Gasteiger partial charge >= 0.3 is 0 Å². The van der Waals surface area contributed by atoms with E-state index in [0.29, 0.717) is 12.0 Å². The zero-order valence-electron chi connectivity index (χ0n) is 14.4. The van der Waals surface area contributed by atoms with Crippen molar-refractivity contribution in [2.45, 2.75) is 78.7 Å². The first kappa shape index (κ1) is 16.5. The standard InChI is InChI=1S/C18H33N3/c1-5-19-13-14(2)12-18-15(3)20-21(16(18)4)17-10-8-6-7-9-11-17/h14,17,19H,5-13H2,1-4H3. The second kappa shape index (κ2) is 7.98. The smallest absolute Gasteiger partial charge is 0.0628 e. The molecule has 3 nitrogen and oxygen atoms in total. The van der Waals surface area contributed by atoms with Crippen molar-refractivity contribution in [2.24, 2.45) is 5.92 Å². The Balaban J connectivity index is 2.09. The number of hydrogen-bond acceptors (Lipinski definition) is 2. The molecule has 1 aliphatic rings. The summed E-state index contributed by atoms with van der Waals surface area (Å²) >= 11 is 0. The molecule has 1 atom stereocenters. The quantitative estimate of drug-likeness (QED) is 0.797. The molecule has 1 N–H and O–H groups in total. The lowest BCUT2D eigenvalue weighted by Crippen LogP contribution is -2.22. The maximum atomic E-state index is 4.91. The third-order valence-electron chi connectivity index (χ3n) is 4.94. The van der Waals surface area contributed by atoms with Crippen LogP contribution in [0.15, 0.2) is 0 Å². The molecule has 1 heterocycles. The van der Waals surface area contributed by atoms with E-state index in [9.17, 15) is 0 Å². The molecule has 3 heteroatoms. The van der Waals surface area contributed by atoms with E-state index >= 15 is 0 Å². The Morgan fingerprint density at radius 2 is 1.86 bits per heavy atom. The number of aryl methyl sites for hydroxylation is 1. The molecule has 1 aromatic heterocycles. The van der Waals surface area contributed by atoms with E-state index in [1.165, 1.54) is 55.5 Å². The van der Waals surface area contributed by atoms with Crippen LogP contribution in [0.25, 0.3) is 0 Å². The maximum Gasteiger partial charge on any atom is 0.0628 e. The van der Waals surface area contributed by atoms with Crippen LogP contribution in [0.5, 0.6) is 0 Å². The van der Waals surface area contributed by atoms with E-state index in [-0.39, 0.29) is 0 Å². The molecular formula is C18H33N3. The molecule has 1 unspecified atom stereocenters. The molecule has 1 fully saturated rings. The molecular weight excluding hydrogens is 258 g/mol. The summed E-state index contributed by atoms with van der Waals surface area (Å²) in [5.41, 5.74) is 4.16. The van der Waals surface area contributed by atoms with E-state index in [1.54, 1.807) is 0 Å². The molecule has 0 bridgehead atoms. The van der Waals surface area contributed by atoms with Gasteiger partial charge in [0.05, 0.1) is 11.7 Å². The molecule has 0 aliphatic heterocycles. The van der Waals surface area contributed by atoms with Gasteiger partial charge in [0.2, 0.25) is 0 Å². The summed E-state index contributed by atoms with van der Waals surface area (Å²) < 4.78 is 2.36. The van der Waals surface area contributed by atoms with Gasteiger partial charge in [0.25, 0.3) is 0 Å². The minimum atomic E-state index is 0.643. The molecule has 0 radical (unpaired) electrons. The summed E-state index contributed by atoms with van der Waals surface area (Å²) in [6.07, 6.45) is 9.33. The Bertz CT molecular complexity index is 428. The van der Waals surface area contributed by atoms with Gasteiger partial charge in [-0.2, -0.15) is 5.10 Å². The normalized spacial score (nSPS) is 18.7. The summed E-state index contributed by atoms with van der Waals surface area (Å²) in [5, 5.41) is 8.36. The van der Waals surface area contributed by atoms with Gasteiger partial charge in [0.15, 0.2) is 0 Å². The fraction of sp³-hybridized carbons (Fsp3) is 0.833. The highest BCUT2D eigenvalue weighted by atomic mass is 15.3. The number of nitrogens with zero attached hydrogens (tertiary/aromatic N) is 2. The Labute approximate surface area is 130 Å². The molecule has 1 aliphatic carbocycles. The highest BCUT2D eigenvalue weighted by Crippen LogP contribution is 2.30. The Morgan fingerprint density at radius 3 is 2.48 bits per heavy atom. The van der Waals surface area contributed by atoms with Gasteiger partial charge in [-0.05, 0) is 57.7 Å². The fourth-order valence-corrected chi connectivity index (χ4v) is 3.66. The van der Waals surface area contributed by atoms with Gasteiger partial charge in [-0.15, -0.1) is 0 Å². The van der Waals surface area contributed by atoms with Crippen molar-refractivity contribution in [3.8, 4) is 0 Å². The van der Waals surface area contributed by atoms with Crippen LogP contribution in [-0.2, 0) is 6.42 Å². The monoisotopic (exact) mass is 291 g/mol. The molecule has 1 aromatic rings. The van der Waals surface area contributed by atoms with Crippen LogP contribution >= 0.6 is 0 Å². The Hall–Kier alpha value is -0.830. The number of nitrogens with one attached hydrogen (secondary N) is 1. The van der Waals surface area contributed by atoms with Crippen LogP contribution in [0, 0.1) is 19.8 Å². The summed E-state index contributed by atoms with van der Waals surface area (Å²) in [5.74, 6) is 0.675. The van der Waals surface area contributed by atoms with Crippen LogP contribution in [0.1, 0.15) is 75.4 Å². The van der Waals surface area contributed by atoms with Gasteiger partial charge < -0.3 is 5.32 Å². The maximum absolute atomic E-state index is 4.91. The molecule has 1 saturated carbocycles. The first-order valence-corrected chi connectivity index (χ1v) is 8.88. The van der Waals surface area contributed by atoms with E-state index in [4.69, 9.17) is 5.10 Å². The Kier molecular flexibility index (Phi) is 6.28. The van der Waals surface area contributed by atoms with Crippen molar-refractivity contribution in [3.63, 3.8) is 0 Å². The lowest BCUT2D eigenvalue weighted by Gasteiger charge is -2.17. The lowest BCUT2D eigenvalue weighted by atomic mass is 9.99. The average Bonchev–Trinajstić information content (AvgIpc) is 2.68. The van der Waals surface area contributed by atoms with Crippen LogP contribution in [0.4, 0.5) is 0 Å². The third-order valence-corrected chi connectivity index (χ3v) is 4.94. The van der Waals surface area contributed by atoms with Gasteiger partial charge in [0.1, 0.15) is 0 Å². The minimum absolute atomic E-state index is 0.643. The summed E-state index contributed by atoms with van der Waals surface area (Å²) in [6, 6.07) is 0.643. The number of rotatable bonds is 6. The summed E-state index contributed by atoms with van der Waals surface area (Å²) in [4.78, 5) is 0. The van der Waals surface area contributed by atoms with Gasteiger partial charge in [-0.25, -0.2) is 0 Å². The van der Waals surface area contributed by atoms with Gasteiger partial charge in [-0.1, -0.05) is 39.5 Å². The average molecular weight is 291 g/mol. The van der Waals surface area contributed by atoms with E-state index in [2.05, 4.69) is 37.7 Å². The first-order valence-electron chi connectivity index (χ1n) is 8.88. The highest BCUT2D eigenvalue weighted by molar-refractivity contribution is 5.25. The van der Waals surface area contributed by atoms with Crippen molar-refractivity contribution < 1.29 is 0 Å². The molecule has 2 rings (SSSR count). The fourth-order valence-electron chi connectivity index (χ4n) is 3.66. The van der Waals surface area contributed by atoms with E-state index in [0.717, 1.165) is 19.5 Å². The van der Waals surface area contributed by atoms with Gasteiger partial charge in [-0.3, -0.25) is 4.68 Å². The van der Waals surface area contributed by atoms with Crippen LogP contribution in [0.3, 0.4) is 0 Å². The van der Waals surface area contributed by atoms with Crippen LogP contribution in [0.2, 0.25) is 0 Å². The SMILES string of the molecule is CCNCC(C)Cc1c(C)nn(C2CCCCCC2)c1C. The minimum Gasteiger partial charge on any atom is -0.317 e. The highest BCUT2D eigenvalue weighted by Gasteiger charge is 2.20. The zero-order valence-corrected chi connectivity index (χ0v) is 14.4. The third kappa shape index (κ3) is 4.32. The predicted molar refractivity (Wildman–Crippen MR) is 89.9 cm³/mol. The molecule has 0 aromatic carbocycles. The topological polar surface area (TPSA) is 29.9 Å². The molecule has 120 valence electrons. The molecule has 0 spiro atoms. The van der Waals surface area contributed by atoms with E-state index < -0.39 is 0 Å². The van der Waals surface area contributed by atoms with Crippen molar-refractivity contribution in [1.29, 1.82) is 0 Å². The number of aromatic nitrogens is 2. The van der Waals surface area contributed by atoms with Crippen LogP contribution in [-0.4, -0.2) is 22.9 Å². The van der Waals surface area contributed by atoms with Crippen molar-refractivity contribution in [3.05, 3.63) is 17.0 Å². The second-order valence-corrected chi connectivity index (χ2v) is 6.86. The van der Waals surface area contributed by atoms with Crippen molar-refractivity contribution >= 4 is 0 Å². The lowest BCUT2D eigenvalue weighted by molar-refractivity contribution is 0.396. The van der Waals surface area contributed by atoms with Crippen molar-refractivity contribution in [1.82, 2.24) is 15.1 Å². The predicted octanol–water partition coefficient (Wildman–Crippen LogP) is 4.18. The van der Waals surface area contributed by atoms with Crippen LogP contribution < -0.4 is 5.32 Å².